The van der Waals surface area contributed by atoms with Crippen LogP contribution >= 0.6 is 0 Å². The van der Waals surface area contributed by atoms with Gasteiger partial charge in [0.25, 0.3) is 0 Å². The van der Waals surface area contributed by atoms with Gasteiger partial charge in [-0.05, 0) is 18.9 Å². The Bertz CT molecular complexity index is 455. The standard InChI is InChI=1S/C12H17N3O3/c1-14-8-6-9(13-14)4-5-11(16)15-7-2-3-10(15)12(17)18/h6,8,10H,2-5,7H2,1H3,(H,17,18)/t10-/m0/s1. The van der Waals surface area contributed by atoms with Crippen LogP contribution in [0.15, 0.2) is 12.3 Å². The molecule has 98 valence electrons. The van der Waals surface area contributed by atoms with Crippen LogP contribution in [0.3, 0.4) is 0 Å². The van der Waals surface area contributed by atoms with Crippen LogP contribution in [0.5, 0.6) is 0 Å². The summed E-state index contributed by atoms with van der Waals surface area (Å²) >= 11 is 0. The Kier molecular flexibility index (Phi) is 3.64. The van der Waals surface area contributed by atoms with Crippen LogP contribution < -0.4 is 0 Å². The molecule has 0 radical (unpaired) electrons. The second-order valence-electron chi connectivity index (χ2n) is 4.56. The van der Waals surface area contributed by atoms with Gasteiger partial charge in [0.05, 0.1) is 5.69 Å². The van der Waals surface area contributed by atoms with Gasteiger partial charge in [-0.25, -0.2) is 4.79 Å². The fourth-order valence-electron chi connectivity index (χ4n) is 2.30. The maximum absolute atomic E-state index is 12.0. The van der Waals surface area contributed by atoms with Crippen molar-refractivity contribution in [2.75, 3.05) is 6.54 Å². The zero-order valence-electron chi connectivity index (χ0n) is 10.4. The zero-order chi connectivity index (χ0) is 13.1. The van der Waals surface area contributed by atoms with E-state index in [1.165, 1.54) is 4.90 Å². The van der Waals surface area contributed by atoms with Crippen LogP contribution in [0.2, 0.25) is 0 Å². The first-order valence-corrected chi connectivity index (χ1v) is 6.08. The van der Waals surface area contributed by atoms with Crippen molar-refractivity contribution < 1.29 is 14.7 Å². The van der Waals surface area contributed by atoms with E-state index in [2.05, 4.69) is 5.10 Å². The number of hydrogen-bond donors (Lipinski definition) is 1. The van der Waals surface area contributed by atoms with Gasteiger partial charge in [0.15, 0.2) is 0 Å². The molecule has 18 heavy (non-hydrogen) atoms. The molecular formula is C12H17N3O3. The molecule has 0 aromatic carbocycles. The SMILES string of the molecule is Cn1ccc(CCC(=O)N2CCC[C@H]2C(=O)O)n1. The van der Waals surface area contributed by atoms with Gasteiger partial charge >= 0.3 is 5.97 Å². The second kappa shape index (κ2) is 5.20. The molecule has 1 aliphatic heterocycles. The minimum atomic E-state index is -0.904. The van der Waals surface area contributed by atoms with Gasteiger partial charge in [-0.2, -0.15) is 5.10 Å². The Hall–Kier alpha value is -1.85. The topological polar surface area (TPSA) is 75.4 Å². The van der Waals surface area contributed by atoms with E-state index in [0.717, 1.165) is 12.1 Å². The molecular weight excluding hydrogens is 234 g/mol. The van der Waals surface area contributed by atoms with Gasteiger partial charge in [0.2, 0.25) is 5.91 Å². The smallest absolute Gasteiger partial charge is 0.326 e. The molecule has 0 saturated carbocycles. The highest BCUT2D eigenvalue weighted by molar-refractivity contribution is 5.84. The zero-order valence-corrected chi connectivity index (χ0v) is 10.4. The molecule has 6 nitrogen and oxygen atoms in total. The molecule has 6 heteroatoms. The van der Waals surface area contributed by atoms with Gasteiger partial charge < -0.3 is 10.0 Å². The number of aromatic nitrogens is 2. The number of rotatable bonds is 4. The predicted octanol–water partition coefficient (Wildman–Crippen LogP) is 0.428. The molecule has 1 saturated heterocycles. The molecule has 1 aliphatic rings. The van der Waals surface area contributed by atoms with Crippen LogP contribution in [0.4, 0.5) is 0 Å². The fourth-order valence-corrected chi connectivity index (χ4v) is 2.30. The maximum Gasteiger partial charge on any atom is 0.326 e. The van der Waals surface area contributed by atoms with Crippen molar-refractivity contribution >= 4 is 11.9 Å². The van der Waals surface area contributed by atoms with Gasteiger partial charge in [0, 0.05) is 32.6 Å². The normalized spacial score (nSPS) is 19.2. The van der Waals surface area contributed by atoms with Crippen LogP contribution in [0, 0.1) is 0 Å². The van der Waals surface area contributed by atoms with E-state index in [-0.39, 0.29) is 5.91 Å². The average Bonchev–Trinajstić information content (AvgIpc) is 2.94. The summed E-state index contributed by atoms with van der Waals surface area (Å²) < 4.78 is 1.69. The Balaban J connectivity index is 1.89. The Labute approximate surface area is 105 Å². The molecule has 1 atom stereocenters. The molecule has 1 aromatic heterocycles. The number of carboxylic acids is 1. The third-order valence-electron chi connectivity index (χ3n) is 3.22. The average molecular weight is 251 g/mol. The van der Waals surface area contributed by atoms with E-state index in [0.29, 0.717) is 25.8 Å². The maximum atomic E-state index is 12.0. The molecule has 2 rings (SSSR count). The van der Waals surface area contributed by atoms with E-state index in [1.807, 2.05) is 19.3 Å². The Morgan fingerprint density at radius 1 is 1.56 bits per heavy atom. The lowest BCUT2D eigenvalue weighted by Gasteiger charge is -2.21. The summed E-state index contributed by atoms with van der Waals surface area (Å²) in [4.78, 5) is 24.4. The molecule has 1 N–H and O–H groups in total. The van der Waals surface area contributed by atoms with Crippen molar-refractivity contribution in [3.8, 4) is 0 Å². The van der Waals surface area contributed by atoms with Crippen molar-refractivity contribution in [2.24, 2.45) is 7.05 Å². The van der Waals surface area contributed by atoms with Crippen molar-refractivity contribution in [1.29, 1.82) is 0 Å². The van der Waals surface area contributed by atoms with Gasteiger partial charge in [-0.1, -0.05) is 0 Å². The Morgan fingerprint density at radius 3 is 2.94 bits per heavy atom. The van der Waals surface area contributed by atoms with Gasteiger partial charge in [-0.15, -0.1) is 0 Å². The van der Waals surface area contributed by atoms with Crippen molar-refractivity contribution in [3.05, 3.63) is 18.0 Å². The van der Waals surface area contributed by atoms with Crippen LogP contribution in [-0.4, -0.2) is 44.3 Å². The summed E-state index contributed by atoms with van der Waals surface area (Å²) in [5.41, 5.74) is 0.858. The number of nitrogens with zero attached hydrogens (tertiary/aromatic N) is 3. The largest absolute Gasteiger partial charge is 0.480 e. The minimum Gasteiger partial charge on any atom is -0.480 e. The molecule has 1 aromatic rings. The lowest BCUT2D eigenvalue weighted by Crippen LogP contribution is -2.40. The fraction of sp³-hybridized carbons (Fsp3) is 0.583. The molecule has 2 heterocycles. The Morgan fingerprint density at radius 2 is 2.33 bits per heavy atom. The number of hydrogen-bond acceptors (Lipinski definition) is 3. The van der Waals surface area contributed by atoms with Crippen molar-refractivity contribution in [3.63, 3.8) is 0 Å². The molecule has 0 unspecified atom stereocenters. The molecule has 0 spiro atoms. The lowest BCUT2D eigenvalue weighted by molar-refractivity contribution is -0.148. The van der Waals surface area contributed by atoms with E-state index in [4.69, 9.17) is 5.11 Å². The number of aliphatic carboxylic acids is 1. The van der Waals surface area contributed by atoms with Crippen LogP contribution in [0.1, 0.15) is 25.0 Å². The molecule has 0 aliphatic carbocycles. The van der Waals surface area contributed by atoms with Crippen LogP contribution in [-0.2, 0) is 23.1 Å². The summed E-state index contributed by atoms with van der Waals surface area (Å²) in [6.45, 7) is 0.554. The summed E-state index contributed by atoms with van der Waals surface area (Å²) in [5.74, 6) is -0.996. The first-order chi connectivity index (χ1) is 8.58. The predicted molar refractivity (Wildman–Crippen MR) is 63.9 cm³/mol. The van der Waals surface area contributed by atoms with E-state index < -0.39 is 12.0 Å². The molecule has 1 amide bonds. The first kappa shape index (κ1) is 12.6. The monoisotopic (exact) mass is 251 g/mol. The van der Waals surface area contributed by atoms with E-state index in [1.54, 1.807) is 4.68 Å². The third-order valence-corrected chi connectivity index (χ3v) is 3.22. The highest BCUT2D eigenvalue weighted by Crippen LogP contribution is 2.18. The minimum absolute atomic E-state index is 0.0921. The summed E-state index contributed by atoms with van der Waals surface area (Å²) in [6.07, 6.45) is 4.04. The highest BCUT2D eigenvalue weighted by Gasteiger charge is 2.33. The summed E-state index contributed by atoms with van der Waals surface area (Å²) in [5, 5.41) is 13.2. The number of carbonyl (C=O) groups is 2. The molecule has 0 bridgehead atoms. The number of carboxylic acid groups (broad SMARTS) is 1. The summed E-state index contributed by atoms with van der Waals surface area (Å²) in [7, 11) is 1.83. The van der Waals surface area contributed by atoms with Crippen molar-refractivity contribution in [2.45, 2.75) is 31.7 Å². The number of amides is 1. The van der Waals surface area contributed by atoms with Gasteiger partial charge in [0.1, 0.15) is 6.04 Å². The highest BCUT2D eigenvalue weighted by atomic mass is 16.4. The lowest BCUT2D eigenvalue weighted by atomic mass is 10.2. The second-order valence-corrected chi connectivity index (χ2v) is 4.56. The van der Waals surface area contributed by atoms with Gasteiger partial charge in [-0.3, -0.25) is 9.48 Å². The third kappa shape index (κ3) is 2.69. The van der Waals surface area contributed by atoms with Crippen LogP contribution in [0.25, 0.3) is 0 Å². The van der Waals surface area contributed by atoms with E-state index in [9.17, 15) is 9.59 Å². The first-order valence-electron chi connectivity index (χ1n) is 6.08. The summed E-state index contributed by atoms with van der Waals surface area (Å²) in [6, 6.07) is 1.23. The number of carbonyl (C=O) groups excluding carboxylic acids is 1. The quantitative estimate of drug-likeness (QED) is 0.842. The van der Waals surface area contributed by atoms with E-state index >= 15 is 0 Å². The molecule has 1 fully saturated rings. The van der Waals surface area contributed by atoms with Crippen molar-refractivity contribution in [1.82, 2.24) is 14.7 Å². The number of aryl methyl sites for hydroxylation is 2. The number of likely N-dealkylation sites (tertiary alicyclic amines) is 1.